The number of thiocarbonyl (C=S) groups is 1. The van der Waals surface area contributed by atoms with Crippen molar-refractivity contribution < 1.29 is 4.74 Å². The predicted octanol–water partition coefficient (Wildman–Crippen LogP) is 4.34. The van der Waals surface area contributed by atoms with Crippen molar-refractivity contribution in [2.24, 2.45) is 0 Å². The van der Waals surface area contributed by atoms with Gasteiger partial charge in [-0.05, 0) is 50.7 Å². The molecule has 0 saturated heterocycles. The Morgan fingerprint density at radius 3 is 2.43 bits per heavy atom. The molecular weight excluding hydrogens is 304 g/mol. The molecule has 3 nitrogen and oxygen atoms in total. The van der Waals surface area contributed by atoms with Crippen LogP contribution in [0.4, 0.5) is 0 Å². The molecule has 1 aliphatic heterocycles. The van der Waals surface area contributed by atoms with E-state index in [0.29, 0.717) is 5.11 Å². The smallest absolute Gasteiger partial charge is 0.167 e. The summed E-state index contributed by atoms with van der Waals surface area (Å²) in [4.78, 5) is 0. The monoisotopic (exact) mass is 326 g/mol. The Morgan fingerprint density at radius 2 is 1.70 bits per heavy atom. The van der Waals surface area contributed by atoms with E-state index in [1.165, 1.54) is 5.56 Å². The van der Waals surface area contributed by atoms with Gasteiger partial charge in [-0.15, -0.1) is 0 Å². The lowest BCUT2D eigenvalue weighted by Gasteiger charge is -2.26. The van der Waals surface area contributed by atoms with Crippen LogP contribution in [-0.4, -0.2) is 10.7 Å². The van der Waals surface area contributed by atoms with E-state index in [1.54, 1.807) is 0 Å². The highest BCUT2D eigenvalue weighted by molar-refractivity contribution is 7.80. The summed E-state index contributed by atoms with van der Waals surface area (Å²) in [5.74, 6) is 1.80. The number of nitrogens with one attached hydrogen (secondary N) is 2. The molecule has 23 heavy (non-hydrogen) atoms. The van der Waals surface area contributed by atoms with E-state index in [2.05, 4.69) is 43.5 Å². The van der Waals surface area contributed by atoms with Gasteiger partial charge in [-0.25, -0.2) is 0 Å². The number of para-hydroxylation sites is 2. The average Bonchev–Trinajstić information content (AvgIpc) is 2.62. The topological polar surface area (TPSA) is 33.3 Å². The van der Waals surface area contributed by atoms with Gasteiger partial charge in [0.15, 0.2) is 5.11 Å². The minimum Gasteiger partial charge on any atom is -0.457 e. The Balaban J connectivity index is 1.91. The predicted molar refractivity (Wildman–Crippen MR) is 98.0 cm³/mol. The lowest BCUT2D eigenvalue weighted by molar-refractivity contribution is 0.476. The van der Waals surface area contributed by atoms with Crippen molar-refractivity contribution in [1.82, 2.24) is 10.6 Å². The van der Waals surface area contributed by atoms with Crippen molar-refractivity contribution >= 4 is 17.3 Å². The quantitative estimate of drug-likeness (QED) is 0.764. The lowest BCUT2D eigenvalue weighted by Crippen LogP contribution is -2.47. The van der Waals surface area contributed by atoms with Gasteiger partial charge >= 0.3 is 0 Å². The zero-order chi connectivity index (χ0) is 16.4. The summed E-state index contributed by atoms with van der Waals surface area (Å²) in [5, 5.41) is 7.44. The van der Waals surface area contributed by atoms with Crippen molar-refractivity contribution in [1.29, 1.82) is 0 Å². The van der Waals surface area contributed by atoms with Crippen LogP contribution in [0.1, 0.15) is 37.9 Å². The number of rotatable bonds is 1. The Kier molecular flexibility index (Phi) is 4.26. The summed E-state index contributed by atoms with van der Waals surface area (Å²) in [5.41, 5.74) is 2.24. The van der Waals surface area contributed by atoms with Gasteiger partial charge < -0.3 is 15.4 Å². The molecular formula is C19H22N2OS. The standard InChI is InChI=1S/C19H22N2OS/c1-19(2,3)21-18(23)20-15-12-13-8-4-6-10-16(13)22-17-11-7-5-9-14(15)17/h4-11,15H,12H2,1-3H3,(H2,20,21,23). The molecule has 2 aromatic carbocycles. The second-order valence-corrected chi connectivity index (χ2v) is 7.26. The minimum atomic E-state index is -0.0667. The van der Waals surface area contributed by atoms with Gasteiger partial charge in [-0.1, -0.05) is 36.4 Å². The number of fused-ring (bicyclic) bond motifs is 2. The highest BCUT2D eigenvalue weighted by Gasteiger charge is 2.24. The molecule has 0 saturated carbocycles. The minimum absolute atomic E-state index is 0.0667. The van der Waals surface area contributed by atoms with Gasteiger partial charge in [0.1, 0.15) is 11.5 Å². The number of ether oxygens (including phenoxy) is 1. The molecule has 3 rings (SSSR count). The van der Waals surface area contributed by atoms with E-state index < -0.39 is 0 Å². The van der Waals surface area contributed by atoms with Crippen molar-refractivity contribution in [3.8, 4) is 11.5 Å². The molecule has 0 amide bonds. The molecule has 1 aliphatic rings. The molecule has 4 heteroatoms. The van der Waals surface area contributed by atoms with Crippen LogP contribution >= 0.6 is 12.2 Å². The maximum atomic E-state index is 6.11. The van der Waals surface area contributed by atoms with E-state index in [0.717, 1.165) is 23.5 Å². The number of benzene rings is 2. The van der Waals surface area contributed by atoms with E-state index in [1.807, 2.05) is 36.4 Å². The van der Waals surface area contributed by atoms with Crippen LogP contribution in [0.2, 0.25) is 0 Å². The highest BCUT2D eigenvalue weighted by atomic mass is 32.1. The molecule has 1 unspecified atom stereocenters. The molecule has 0 radical (unpaired) electrons. The van der Waals surface area contributed by atoms with Gasteiger partial charge in [0.2, 0.25) is 0 Å². The largest absolute Gasteiger partial charge is 0.457 e. The summed E-state index contributed by atoms with van der Waals surface area (Å²) in [6.45, 7) is 6.29. The molecule has 1 atom stereocenters. The highest BCUT2D eigenvalue weighted by Crippen LogP contribution is 2.37. The fraction of sp³-hybridized carbons (Fsp3) is 0.316. The molecule has 0 fully saturated rings. The second-order valence-electron chi connectivity index (χ2n) is 6.85. The van der Waals surface area contributed by atoms with Crippen molar-refractivity contribution in [2.45, 2.75) is 38.8 Å². The summed E-state index contributed by atoms with van der Waals surface area (Å²) in [6, 6.07) is 16.4. The van der Waals surface area contributed by atoms with Crippen LogP contribution in [0.25, 0.3) is 0 Å². The average molecular weight is 326 g/mol. The Labute approximate surface area is 143 Å². The summed E-state index contributed by atoms with van der Waals surface area (Å²) in [6.07, 6.45) is 0.832. The van der Waals surface area contributed by atoms with Gasteiger partial charge in [0.05, 0.1) is 6.04 Å². The fourth-order valence-electron chi connectivity index (χ4n) is 2.75. The van der Waals surface area contributed by atoms with Crippen LogP contribution in [0.15, 0.2) is 48.5 Å². The SMILES string of the molecule is CC(C)(C)NC(=S)NC1Cc2ccccc2Oc2ccccc21. The maximum absolute atomic E-state index is 6.11. The zero-order valence-corrected chi connectivity index (χ0v) is 14.5. The van der Waals surface area contributed by atoms with E-state index >= 15 is 0 Å². The molecule has 1 heterocycles. The Hall–Kier alpha value is -2.07. The first kappa shape index (κ1) is 15.8. The molecule has 0 aromatic heterocycles. The van der Waals surface area contributed by atoms with E-state index in [-0.39, 0.29) is 11.6 Å². The van der Waals surface area contributed by atoms with Crippen molar-refractivity contribution in [3.05, 3.63) is 59.7 Å². The number of hydrogen-bond acceptors (Lipinski definition) is 2. The summed E-state index contributed by atoms with van der Waals surface area (Å²) in [7, 11) is 0. The fourth-order valence-corrected chi connectivity index (χ4v) is 3.19. The molecule has 120 valence electrons. The summed E-state index contributed by atoms with van der Waals surface area (Å²) >= 11 is 5.49. The van der Waals surface area contributed by atoms with Crippen LogP contribution in [0, 0.1) is 0 Å². The maximum Gasteiger partial charge on any atom is 0.167 e. The zero-order valence-electron chi connectivity index (χ0n) is 13.7. The lowest BCUT2D eigenvalue weighted by atomic mass is 9.99. The second kappa shape index (κ2) is 6.20. The first-order valence-corrected chi connectivity index (χ1v) is 8.26. The summed E-state index contributed by atoms with van der Waals surface area (Å²) < 4.78 is 6.11. The molecule has 0 spiro atoms. The Morgan fingerprint density at radius 1 is 1.04 bits per heavy atom. The van der Waals surface area contributed by atoms with Crippen LogP contribution < -0.4 is 15.4 Å². The van der Waals surface area contributed by atoms with Crippen LogP contribution in [0.5, 0.6) is 11.5 Å². The molecule has 2 N–H and O–H groups in total. The third kappa shape index (κ3) is 3.82. The van der Waals surface area contributed by atoms with Gasteiger partial charge in [0.25, 0.3) is 0 Å². The van der Waals surface area contributed by atoms with Gasteiger partial charge in [0, 0.05) is 17.5 Å². The van der Waals surface area contributed by atoms with Crippen LogP contribution in [0.3, 0.4) is 0 Å². The van der Waals surface area contributed by atoms with E-state index in [9.17, 15) is 0 Å². The van der Waals surface area contributed by atoms with Crippen molar-refractivity contribution in [2.75, 3.05) is 0 Å². The molecule has 0 bridgehead atoms. The first-order chi connectivity index (χ1) is 10.9. The third-order valence-electron chi connectivity index (χ3n) is 3.70. The third-order valence-corrected chi connectivity index (χ3v) is 3.92. The van der Waals surface area contributed by atoms with Gasteiger partial charge in [-0.3, -0.25) is 0 Å². The molecule has 0 aliphatic carbocycles. The molecule has 2 aromatic rings. The van der Waals surface area contributed by atoms with Crippen LogP contribution in [-0.2, 0) is 6.42 Å². The number of hydrogen-bond donors (Lipinski definition) is 2. The van der Waals surface area contributed by atoms with Crippen molar-refractivity contribution in [3.63, 3.8) is 0 Å². The Bertz CT molecular complexity index is 721. The normalized spacial score (nSPS) is 16.4. The van der Waals surface area contributed by atoms with E-state index in [4.69, 9.17) is 17.0 Å². The van der Waals surface area contributed by atoms with Gasteiger partial charge in [-0.2, -0.15) is 0 Å². The first-order valence-electron chi connectivity index (χ1n) is 7.86.